The molecule has 18 nitrogen and oxygen atoms in total. The number of aromatic nitrogens is 12. The summed E-state index contributed by atoms with van der Waals surface area (Å²) in [7, 11) is 4.88. The van der Waals surface area contributed by atoms with E-state index in [4.69, 9.17) is 29.4 Å². The molecule has 15 aromatic carbocycles. The average Bonchev–Trinajstić information content (AvgIpc) is 1.61. The number of hydrogen-bond acceptors (Lipinski definition) is 17. The van der Waals surface area contributed by atoms with Gasteiger partial charge in [-0.25, -0.2) is 0 Å². The van der Waals surface area contributed by atoms with Crippen molar-refractivity contribution in [2.75, 3.05) is 0 Å². The number of nitrogens with one attached hydrogen (secondary N) is 1. The van der Waals surface area contributed by atoms with Crippen molar-refractivity contribution < 1.29 is 21.5 Å². The van der Waals surface area contributed by atoms with Gasteiger partial charge in [0.05, 0.1) is 7.57 Å². The minimum Gasteiger partial charge on any atom is -0.649 e. The molecule has 6 heterocycles. The molecule has 0 bridgehead atoms. The van der Waals surface area contributed by atoms with E-state index in [1.54, 1.807) is 6.20 Å². The van der Waals surface area contributed by atoms with Gasteiger partial charge in [-0.1, -0.05) is 356 Å². The zero-order valence-corrected chi connectivity index (χ0v) is 81.1. The third-order valence-corrected chi connectivity index (χ3v) is 23.3. The summed E-state index contributed by atoms with van der Waals surface area (Å²) in [6.07, 6.45) is 1.77. The largest absolute Gasteiger partial charge is 0.649 e. The fourth-order valence-electron chi connectivity index (χ4n) is 15.4. The van der Waals surface area contributed by atoms with Crippen LogP contribution in [0.3, 0.4) is 0 Å². The first kappa shape index (κ1) is 93.4. The predicted molar refractivity (Wildman–Crippen MR) is 562 cm³/mol. The van der Waals surface area contributed by atoms with Crippen LogP contribution < -0.4 is 3.79 Å². The minimum atomic E-state index is -0.167. The fraction of sp³-hybridized carbons (Fsp3) is 0.139. The van der Waals surface area contributed by atoms with Gasteiger partial charge in [0.25, 0.3) is 0 Å². The molecule has 0 fully saturated rings. The van der Waals surface area contributed by atoms with Crippen LogP contribution in [0.4, 0.5) is 0 Å². The molecule has 673 valence electrons. The van der Waals surface area contributed by atoms with Crippen molar-refractivity contribution in [3.8, 4) is 148 Å². The monoisotopic (exact) mass is 1830 g/mol. The number of pyridine rings is 1. The Morgan fingerprint density at radius 2 is 0.569 bits per heavy atom. The molecule has 0 aliphatic heterocycles. The molecule has 0 aliphatic rings. The maximum Gasteiger partial charge on any atom is 0.494 e. The van der Waals surface area contributed by atoms with Gasteiger partial charge in [0.1, 0.15) is 11.3 Å². The maximum absolute atomic E-state index is 6.05. The summed E-state index contributed by atoms with van der Waals surface area (Å²) in [6.45, 7) is 26.4. The Morgan fingerprint density at radius 3 is 0.942 bits per heavy atom. The van der Waals surface area contributed by atoms with Gasteiger partial charge in [0, 0.05) is 74.2 Å². The Labute approximate surface area is 815 Å². The van der Waals surface area contributed by atoms with Crippen molar-refractivity contribution in [2.24, 2.45) is 0 Å². The Morgan fingerprint density at radius 1 is 0.307 bits per heavy atom. The molecule has 1 atom stereocenters. The first-order chi connectivity index (χ1) is 67.2. The molecule has 21 rings (SSSR count). The second-order valence-electron chi connectivity index (χ2n) is 36.5. The van der Waals surface area contributed by atoms with Gasteiger partial charge < -0.3 is 21.5 Å². The summed E-state index contributed by atoms with van der Waals surface area (Å²) in [5.74, 6) is 6.49. The SMILES string of the molecule is CC(C)(C)c1ccc(-c2nnc(-c3ccc(-c4ccccc4)cc3)n2-c2ccccc2)cc1.CC(C)(C)c1ccc(-c2nnc(-c3ccc(-c4ccccc4)cc3)o2)cc1.CC(C)(C)c1ccc(-c2nnc(-c3cccc(-c4nnc(-c5ccc(C(C)(C)C)cc5)o4)c3)o2)cc1.[2H]B=N.[2H]P[B].[AlH][O]c1cccc2cccnc12.c1ccc2c(-c3nnc(-c4cccc5ccccc45)o3)cccc2c1. The van der Waals surface area contributed by atoms with E-state index in [2.05, 4.69) is 333 Å². The van der Waals surface area contributed by atoms with Crippen molar-refractivity contribution in [1.82, 2.24) is 60.5 Å². The van der Waals surface area contributed by atoms with Crippen LogP contribution >= 0.6 is 9.06 Å². The maximum atomic E-state index is 6.05. The van der Waals surface area contributed by atoms with E-state index in [1.165, 1.54) is 55.6 Å². The topological polar surface area (TPSA) is 232 Å². The minimum absolute atomic E-state index is 0.0868. The van der Waals surface area contributed by atoms with Crippen molar-refractivity contribution >= 4 is 73.3 Å². The zero-order chi connectivity index (χ0) is 97.6. The van der Waals surface area contributed by atoms with E-state index in [-0.39, 0.29) is 30.7 Å². The molecule has 3 radical (unpaired) electrons. The zero-order valence-electron chi connectivity index (χ0n) is 80.6. The summed E-state index contributed by atoms with van der Waals surface area (Å²) < 4.78 is 43.0. The van der Waals surface area contributed by atoms with Gasteiger partial charge >= 0.3 is 30.9 Å². The summed E-state index contributed by atoms with van der Waals surface area (Å²) in [4.78, 5) is 4.23. The van der Waals surface area contributed by atoms with Crippen LogP contribution in [0.25, 0.3) is 175 Å². The molecular formula is C115H104AlB2N13O5P. The van der Waals surface area contributed by atoms with Crippen LogP contribution in [0.15, 0.2) is 400 Å². The van der Waals surface area contributed by atoms with Crippen LogP contribution in [-0.2, 0) is 21.7 Å². The average molecular weight is 1830 g/mol. The number of para-hydroxylation sites is 2. The second kappa shape index (κ2) is 43.8. The van der Waals surface area contributed by atoms with E-state index in [0.29, 0.717) is 54.7 Å². The van der Waals surface area contributed by atoms with Crippen molar-refractivity contribution in [3.05, 3.63) is 405 Å². The van der Waals surface area contributed by atoms with Gasteiger partial charge in [-0.2, -0.15) is 9.06 Å². The van der Waals surface area contributed by atoms with E-state index in [0.717, 1.165) is 117 Å². The van der Waals surface area contributed by atoms with Crippen LogP contribution in [0.5, 0.6) is 5.75 Å². The summed E-state index contributed by atoms with van der Waals surface area (Å²) in [5, 5.41) is 54.7. The van der Waals surface area contributed by atoms with Crippen LogP contribution in [0.2, 0.25) is 0 Å². The van der Waals surface area contributed by atoms with Gasteiger partial charge in [0.15, 0.2) is 11.6 Å². The van der Waals surface area contributed by atoms with Crippen molar-refractivity contribution in [2.45, 2.75) is 105 Å². The third-order valence-electron chi connectivity index (χ3n) is 23.0. The number of fused-ring (bicyclic) bond motifs is 3. The molecule has 0 saturated heterocycles. The normalized spacial score (nSPS) is 11.4. The van der Waals surface area contributed by atoms with Crippen LogP contribution in [-0.4, -0.2) is 94.9 Å². The molecule has 0 amide bonds. The Hall–Kier alpha value is -15.4. The predicted octanol–water partition coefficient (Wildman–Crippen LogP) is 28.4. The van der Waals surface area contributed by atoms with Gasteiger partial charge in [0.2, 0.25) is 47.1 Å². The van der Waals surface area contributed by atoms with Crippen molar-refractivity contribution in [1.29, 1.82) is 7.93 Å². The summed E-state index contributed by atoms with van der Waals surface area (Å²) >= 11 is 1.47. The van der Waals surface area contributed by atoms with E-state index in [9.17, 15) is 0 Å². The second-order valence-corrected chi connectivity index (χ2v) is 36.8. The van der Waals surface area contributed by atoms with Crippen LogP contribution in [0, 0.1) is 5.31 Å². The molecule has 22 heteroatoms. The molecule has 0 spiro atoms. The Kier molecular flexibility index (Phi) is 29.8. The Balaban J connectivity index is 0.000000133. The molecule has 6 aromatic heterocycles. The van der Waals surface area contributed by atoms with E-state index >= 15 is 0 Å². The number of benzene rings is 15. The molecule has 0 aliphatic carbocycles. The smallest absolute Gasteiger partial charge is 0.494 e. The van der Waals surface area contributed by atoms with Gasteiger partial charge in [-0.15, -0.1) is 51.0 Å². The van der Waals surface area contributed by atoms with Crippen molar-refractivity contribution in [3.63, 3.8) is 0 Å². The molecule has 1 unspecified atom stereocenters. The molecule has 1 N–H and O–H groups in total. The summed E-state index contributed by atoms with van der Waals surface area (Å²) in [6, 6.07) is 127. The molecule has 0 saturated carbocycles. The molecular weight excluding hydrogens is 1720 g/mol. The van der Waals surface area contributed by atoms with Crippen LogP contribution in [0.1, 0.15) is 105 Å². The Bertz CT molecular complexity index is 7380. The molecule has 21 aromatic rings. The number of nitrogens with zero attached hydrogens (tertiary/aromatic N) is 12. The molecule has 137 heavy (non-hydrogen) atoms. The third kappa shape index (κ3) is 23.5. The van der Waals surface area contributed by atoms with Gasteiger partial charge in [-0.05, 0) is 191 Å². The standard InChI is InChI=1S/C30H30N4O2.C30H27N3.C24H22N2O.C22H14N2O.C9H7NO.Al.BH2N.BH2P.H/c1-29(2,3)23-14-10-19(11-15-23)25-31-33-27(35-25)21-8-7-9-22(18-21)28-34-32-26(36-28)20-12-16-24(17-13-20)30(4,5)6;1-30(2,3)26-20-18-25(19-21-26)29-32-31-28(33(29)27-12-8-5-9-13-27)24-16-14-23(15-17-24)22-10-6-4-7-11-22;1-24(2,3)21-15-13-20(14-16-21)23-26-25-22(27-23)19-11-9-18(10-12-19)17-7-5-4-6-8-17;1-3-11-17-15(7-1)9-5-13-19(17)21-23-24-22(25-21)20-14-6-10-16-8-2-4-12-18(16)20;11-8-5-1-3-7-4-2-6-10-9(7)8;;2*1-2;/h7-18H,1-6H3;4-21H,1-3H3;4-16H,1-3H3;1-14H;1-6,11H;;1-2H;2H2;/q;;;;;+1;;;/p-1/i;;;;;;1D;2D;. The number of hydrogen-bond donors (Lipinski definition) is 1. The van der Waals surface area contributed by atoms with E-state index in [1.807, 2.05) is 194 Å². The summed E-state index contributed by atoms with van der Waals surface area (Å²) in [5.41, 5.74) is 21.4. The fourth-order valence-corrected chi connectivity index (χ4v) is 15.7. The van der Waals surface area contributed by atoms with Gasteiger partial charge in [-0.3, -0.25) is 9.55 Å². The first-order valence-electron chi connectivity index (χ1n) is 46.0. The number of rotatable bonds is 14. The quantitative estimate of drug-likeness (QED) is 0.0787. The first-order valence-corrected chi connectivity index (χ1v) is 46.1. The van der Waals surface area contributed by atoms with E-state index < -0.39 is 0 Å².